The average Bonchev–Trinajstić information content (AvgIpc) is 2.43. The maximum atomic E-state index is 11.3. The summed E-state index contributed by atoms with van der Waals surface area (Å²) in [4.78, 5) is 13.6. The number of esters is 1. The number of nitrogens with zero attached hydrogens (tertiary/aromatic N) is 1. The Balaban J connectivity index is 2.37. The molecule has 3 heteroatoms. The predicted octanol–water partition coefficient (Wildman–Crippen LogP) is 3.01. The monoisotopic (exact) mass is 253 g/mol. The highest BCUT2D eigenvalue weighted by molar-refractivity contribution is 5.87. The van der Waals surface area contributed by atoms with Crippen molar-refractivity contribution in [2.75, 3.05) is 20.7 Å². The minimum Gasteiger partial charge on any atom is -0.466 e. The fourth-order valence-corrected chi connectivity index (χ4v) is 2.67. The van der Waals surface area contributed by atoms with Crippen molar-refractivity contribution in [3.05, 3.63) is 11.6 Å². The zero-order valence-corrected chi connectivity index (χ0v) is 12.2. The number of hydrogen-bond acceptors (Lipinski definition) is 3. The van der Waals surface area contributed by atoms with Crippen molar-refractivity contribution < 1.29 is 9.53 Å². The number of likely N-dealkylation sites (N-methyl/N-ethyl adjacent to an activating group) is 1. The van der Waals surface area contributed by atoms with Gasteiger partial charge in [0.1, 0.15) is 0 Å². The lowest BCUT2D eigenvalue weighted by Gasteiger charge is -2.34. The van der Waals surface area contributed by atoms with Crippen LogP contribution in [0.1, 0.15) is 46.0 Å². The molecule has 0 spiro atoms. The van der Waals surface area contributed by atoms with Gasteiger partial charge in [-0.15, -0.1) is 0 Å². The molecule has 1 fully saturated rings. The molecule has 0 N–H and O–H groups in total. The van der Waals surface area contributed by atoms with Crippen molar-refractivity contribution in [2.24, 2.45) is 5.92 Å². The number of ether oxygens (including phenoxy) is 1. The van der Waals surface area contributed by atoms with E-state index in [0.717, 1.165) is 12.5 Å². The van der Waals surface area contributed by atoms with Gasteiger partial charge in [-0.3, -0.25) is 4.90 Å². The van der Waals surface area contributed by atoms with E-state index in [9.17, 15) is 4.79 Å². The van der Waals surface area contributed by atoms with Crippen LogP contribution in [0.5, 0.6) is 0 Å². The van der Waals surface area contributed by atoms with E-state index in [4.69, 9.17) is 4.74 Å². The maximum Gasteiger partial charge on any atom is 0.333 e. The second-order valence-corrected chi connectivity index (χ2v) is 5.40. The summed E-state index contributed by atoms with van der Waals surface area (Å²) in [7, 11) is 3.58. The molecule has 1 aliphatic rings. The van der Waals surface area contributed by atoms with Crippen LogP contribution in [0.4, 0.5) is 0 Å². The number of methoxy groups -OCH3 is 1. The van der Waals surface area contributed by atoms with Gasteiger partial charge in [0, 0.05) is 18.2 Å². The first kappa shape index (κ1) is 15.2. The van der Waals surface area contributed by atoms with Crippen molar-refractivity contribution in [2.45, 2.75) is 52.0 Å². The molecule has 0 atom stereocenters. The van der Waals surface area contributed by atoms with E-state index < -0.39 is 0 Å². The standard InChI is InChI=1S/C15H27NO2/c1-5-13-6-8-14(9-7-13)16(3)11-10-12(2)15(17)18-4/h10,13-14H,5-9,11H2,1-4H3. The molecule has 18 heavy (non-hydrogen) atoms. The lowest BCUT2D eigenvalue weighted by atomic mass is 9.84. The normalized spacial score (nSPS) is 25.3. The average molecular weight is 253 g/mol. The molecule has 0 bridgehead atoms. The summed E-state index contributed by atoms with van der Waals surface area (Å²) in [5.74, 6) is 0.708. The van der Waals surface area contributed by atoms with Gasteiger partial charge >= 0.3 is 5.97 Å². The third kappa shape index (κ3) is 4.45. The van der Waals surface area contributed by atoms with Crippen LogP contribution in [0, 0.1) is 5.92 Å². The molecule has 0 aromatic rings. The van der Waals surface area contributed by atoms with E-state index in [0.29, 0.717) is 11.6 Å². The van der Waals surface area contributed by atoms with Crippen molar-refractivity contribution in [3.8, 4) is 0 Å². The van der Waals surface area contributed by atoms with Gasteiger partial charge in [-0.2, -0.15) is 0 Å². The fourth-order valence-electron chi connectivity index (χ4n) is 2.67. The largest absolute Gasteiger partial charge is 0.466 e. The summed E-state index contributed by atoms with van der Waals surface area (Å²) in [6.07, 6.45) is 8.58. The third-order valence-electron chi connectivity index (χ3n) is 4.21. The Morgan fingerprint density at radius 3 is 2.44 bits per heavy atom. The Hall–Kier alpha value is -0.830. The highest BCUT2D eigenvalue weighted by Gasteiger charge is 2.22. The zero-order chi connectivity index (χ0) is 13.5. The number of carbonyl (C=O) groups is 1. The number of rotatable bonds is 5. The van der Waals surface area contributed by atoms with Crippen molar-refractivity contribution in [1.29, 1.82) is 0 Å². The van der Waals surface area contributed by atoms with Crippen LogP contribution in [0.3, 0.4) is 0 Å². The van der Waals surface area contributed by atoms with Crippen molar-refractivity contribution in [1.82, 2.24) is 4.90 Å². The van der Waals surface area contributed by atoms with Gasteiger partial charge in [-0.25, -0.2) is 4.79 Å². The smallest absolute Gasteiger partial charge is 0.333 e. The number of carbonyl (C=O) groups excluding carboxylic acids is 1. The molecule has 0 aromatic heterocycles. The van der Waals surface area contributed by atoms with Crippen LogP contribution in [-0.4, -0.2) is 37.6 Å². The van der Waals surface area contributed by atoms with Crippen LogP contribution in [-0.2, 0) is 9.53 Å². The molecule has 0 aromatic carbocycles. The highest BCUT2D eigenvalue weighted by atomic mass is 16.5. The second-order valence-electron chi connectivity index (χ2n) is 5.40. The quantitative estimate of drug-likeness (QED) is 0.557. The Morgan fingerprint density at radius 1 is 1.33 bits per heavy atom. The minimum absolute atomic E-state index is 0.224. The molecule has 0 amide bonds. The Bertz CT molecular complexity index is 291. The van der Waals surface area contributed by atoms with Crippen molar-refractivity contribution in [3.63, 3.8) is 0 Å². The summed E-state index contributed by atoms with van der Waals surface area (Å²) < 4.78 is 4.69. The Labute approximate surface area is 111 Å². The van der Waals surface area contributed by atoms with E-state index in [-0.39, 0.29) is 5.97 Å². The van der Waals surface area contributed by atoms with Gasteiger partial charge in [-0.05, 0) is 45.6 Å². The second kappa shape index (κ2) is 7.57. The molecule has 0 radical (unpaired) electrons. The fraction of sp³-hybridized carbons (Fsp3) is 0.800. The zero-order valence-electron chi connectivity index (χ0n) is 12.2. The van der Waals surface area contributed by atoms with E-state index in [1.54, 1.807) is 0 Å². The van der Waals surface area contributed by atoms with E-state index in [1.165, 1.54) is 39.2 Å². The molecule has 0 unspecified atom stereocenters. The lowest BCUT2D eigenvalue weighted by Crippen LogP contribution is -2.35. The van der Waals surface area contributed by atoms with E-state index >= 15 is 0 Å². The first-order valence-corrected chi connectivity index (χ1v) is 7.03. The van der Waals surface area contributed by atoms with Crippen LogP contribution in [0.15, 0.2) is 11.6 Å². The molecule has 0 saturated heterocycles. The van der Waals surface area contributed by atoms with Gasteiger partial charge < -0.3 is 4.74 Å². The molecule has 0 aliphatic heterocycles. The predicted molar refractivity (Wildman–Crippen MR) is 74.4 cm³/mol. The molecule has 1 saturated carbocycles. The molecule has 3 nitrogen and oxygen atoms in total. The van der Waals surface area contributed by atoms with Crippen molar-refractivity contribution >= 4 is 5.97 Å². The van der Waals surface area contributed by atoms with Gasteiger partial charge in [-0.1, -0.05) is 19.4 Å². The first-order valence-electron chi connectivity index (χ1n) is 7.03. The summed E-state index contributed by atoms with van der Waals surface area (Å²) in [6, 6.07) is 0.675. The first-order chi connectivity index (χ1) is 8.58. The van der Waals surface area contributed by atoms with Crippen LogP contribution in [0.25, 0.3) is 0 Å². The maximum absolute atomic E-state index is 11.3. The summed E-state index contributed by atoms with van der Waals surface area (Å²) in [5, 5.41) is 0. The highest BCUT2D eigenvalue weighted by Crippen LogP contribution is 2.28. The van der Waals surface area contributed by atoms with E-state index in [2.05, 4.69) is 18.9 Å². The Kier molecular flexibility index (Phi) is 6.41. The van der Waals surface area contributed by atoms with Gasteiger partial charge in [0.05, 0.1) is 7.11 Å². The molecule has 0 heterocycles. The SMILES string of the molecule is CCC1CCC(N(C)CC=C(C)C(=O)OC)CC1. The Morgan fingerprint density at radius 2 is 1.94 bits per heavy atom. The third-order valence-corrected chi connectivity index (χ3v) is 4.21. The molecule has 1 aliphatic carbocycles. The summed E-state index contributed by atoms with van der Waals surface area (Å²) in [5.41, 5.74) is 0.701. The topological polar surface area (TPSA) is 29.5 Å². The molecular weight excluding hydrogens is 226 g/mol. The minimum atomic E-state index is -0.224. The summed E-state index contributed by atoms with van der Waals surface area (Å²) in [6.45, 7) is 4.94. The van der Waals surface area contributed by atoms with Gasteiger partial charge in [0.25, 0.3) is 0 Å². The van der Waals surface area contributed by atoms with Gasteiger partial charge in [0.15, 0.2) is 0 Å². The van der Waals surface area contributed by atoms with Crippen LogP contribution in [0.2, 0.25) is 0 Å². The number of hydrogen-bond donors (Lipinski definition) is 0. The van der Waals surface area contributed by atoms with Crippen LogP contribution < -0.4 is 0 Å². The summed E-state index contributed by atoms with van der Waals surface area (Å²) >= 11 is 0. The molecule has 1 rings (SSSR count). The van der Waals surface area contributed by atoms with E-state index in [1.807, 2.05) is 13.0 Å². The molecular formula is C15H27NO2. The van der Waals surface area contributed by atoms with Crippen LogP contribution >= 0.6 is 0 Å². The van der Waals surface area contributed by atoms with Gasteiger partial charge in [0.2, 0.25) is 0 Å². The molecule has 104 valence electrons. The lowest BCUT2D eigenvalue weighted by molar-refractivity contribution is -0.136.